The highest BCUT2D eigenvalue weighted by molar-refractivity contribution is 5.92. The topological polar surface area (TPSA) is 73.1 Å². The van der Waals surface area contributed by atoms with Crippen molar-refractivity contribution in [3.8, 4) is 0 Å². The zero-order valence-corrected chi connectivity index (χ0v) is 17.4. The summed E-state index contributed by atoms with van der Waals surface area (Å²) < 4.78 is 0. The Bertz CT molecular complexity index is 687. The van der Waals surface area contributed by atoms with Gasteiger partial charge in [0.15, 0.2) is 0 Å². The predicted molar refractivity (Wildman–Crippen MR) is 107 cm³/mol. The summed E-state index contributed by atoms with van der Waals surface area (Å²) in [5.74, 6) is 1.80. The normalized spacial score (nSPS) is 53.1. The first-order valence-electron chi connectivity index (χ1n) is 11.6. The highest BCUT2D eigenvalue weighted by Gasteiger charge is 2.64. The fourth-order valence-corrected chi connectivity index (χ4v) is 8.43. The third-order valence-electron chi connectivity index (χ3n) is 10.0. The van der Waals surface area contributed by atoms with Gasteiger partial charge in [-0.05, 0) is 81.7 Å². The molecule has 0 aromatic rings. The van der Waals surface area contributed by atoms with E-state index in [4.69, 9.17) is 0 Å². The number of likely N-dealkylation sites (tertiary alicyclic amines) is 1. The van der Waals surface area contributed by atoms with Crippen LogP contribution in [0.2, 0.25) is 0 Å². The van der Waals surface area contributed by atoms with E-state index in [1.807, 2.05) is 0 Å². The van der Waals surface area contributed by atoms with Crippen LogP contribution in [-0.4, -0.2) is 51.9 Å². The van der Waals surface area contributed by atoms with Gasteiger partial charge in [0.25, 0.3) is 0 Å². The molecule has 5 fully saturated rings. The van der Waals surface area contributed by atoms with Crippen LogP contribution in [0.5, 0.6) is 0 Å². The molecular formula is C23H36N2O3. The lowest BCUT2D eigenvalue weighted by Crippen LogP contribution is -2.63. The minimum absolute atomic E-state index is 0.167. The second-order valence-corrected chi connectivity index (χ2v) is 10.9. The lowest BCUT2D eigenvalue weighted by atomic mass is 9.44. The monoisotopic (exact) mass is 388 g/mol. The van der Waals surface area contributed by atoms with Crippen molar-refractivity contribution < 1.29 is 15.1 Å². The Balaban J connectivity index is 1.48. The van der Waals surface area contributed by atoms with Crippen molar-refractivity contribution in [1.82, 2.24) is 4.90 Å². The zero-order chi connectivity index (χ0) is 19.7. The van der Waals surface area contributed by atoms with E-state index >= 15 is 0 Å². The van der Waals surface area contributed by atoms with E-state index in [1.54, 1.807) is 0 Å². The Morgan fingerprint density at radius 1 is 1.07 bits per heavy atom. The second-order valence-electron chi connectivity index (χ2n) is 10.9. The van der Waals surface area contributed by atoms with Gasteiger partial charge in [-0.2, -0.15) is 0 Å². The Morgan fingerprint density at radius 3 is 2.54 bits per heavy atom. The molecule has 0 amide bonds. The molecule has 5 heteroatoms. The van der Waals surface area contributed by atoms with Gasteiger partial charge in [0.1, 0.15) is 5.78 Å². The van der Waals surface area contributed by atoms with Gasteiger partial charge in [-0.25, -0.2) is 0 Å². The number of oxime groups is 1. The van der Waals surface area contributed by atoms with E-state index in [1.165, 1.54) is 12.8 Å². The van der Waals surface area contributed by atoms with Crippen LogP contribution in [0, 0.1) is 34.5 Å². The Morgan fingerprint density at radius 2 is 1.82 bits per heavy atom. The molecule has 1 aliphatic heterocycles. The molecule has 1 heterocycles. The Hall–Kier alpha value is -0.940. The standard InChI is InChI=1S/C23H36N2O3/c1-22-8-7-17-15(16(22)5-6-21(22)27)13-19(26)18-11-14(25-9-3-4-10-25)12-20(24-28)23(17,18)2/h14-19,26,28H,3-13H2,1-2H3/t14?,15-,16-,17+,18?,19?,22-,23+/m0/s1. The van der Waals surface area contributed by atoms with Gasteiger partial charge in [-0.15, -0.1) is 0 Å². The first-order valence-corrected chi connectivity index (χ1v) is 11.6. The number of fused-ring (bicyclic) bond motifs is 5. The van der Waals surface area contributed by atoms with Crippen molar-refractivity contribution in [2.75, 3.05) is 13.1 Å². The van der Waals surface area contributed by atoms with Crippen LogP contribution in [0.25, 0.3) is 0 Å². The van der Waals surface area contributed by atoms with Gasteiger partial charge in [0, 0.05) is 29.7 Å². The molecule has 0 radical (unpaired) electrons. The zero-order valence-electron chi connectivity index (χ0n) is 17.4. The Kier molecular flexibility index (Phi) is 4.44. The van der Waals surface area contributed by atoms with Gasteiger partial charge < -0.3 is 10.3 Å². The Labute approximate surface area is 168 Å². The number of hydrogen-bond acceptors (Lipinski definition) is 5. The number of aliphatic hydroxyl groups is 1. The lowest BCUT2D eigenvalue weighted by molar-refractivity contribution is -0.143. The summed E-state index contributed by atoms with van der Waals surface area (Å²) >= 11 is 0. The van der Waals surface area contributed by atoms with Gasteiger partial charge in [0.2, 0.25) is 0 Å². The molecule has 28 heavy (non-hydrogen) atoms. The van der Waals surface area contributed by atoms with E-state index in [0.717, 1.165) is 57.3 Å². The molecule has 5 aliphatic rings. The molecule has 0 spiro atoms. The van der Waals surface area contributed by atoms with E-state index in [-0.39, 0.29) is 22.9 Å². The van der Waals surface area contributed by atoms with E-state index in [0.29, 0.717) is 36.0 Å². The van der Waals surface area contributed by atoms with Crippen molar-refractivity contribution >= 4 is 11.5 Å². The minimum atomic E-state index is -0.355. The van der Waals surface area contributed by atoms with Crippen LogP contribution >= 0.6 is 0 Å². The van der Waals surface area contributed by atoms with E-state index < -0.39 is 0 Å². The summed E-state index contributed by atoms with van der Waals surface area (Å²) in [7, 11) is 0. The van der Waals surface area contributed by atoms with Gasteiger partial charge >= 0.3 is 0 Å². The van der Waals surface area contributed by atoms with E-state index in [9.17, 15) is 15.1 Å². The summed E-state index contributed by atoms with van der Waals surface area (Å²) in [5.41, 5.74) is 0.496. The maximum absolute atomic E-state index is 12.6. The number of Topliss-reactive ketones (excluding diaryl/α,β-unsaturated/α-hetero) is 1. The van der Waals surface area contributed by atoms with Crippen LogP contribution in [0.3, 0.4) is 0 Å². The fourth-order valence-electron chi connectivity index (χ4n) is 8.43. The molecule has 0 bridgehead atoms. The average Bonchev–Trinajstić information content (AvgIpc) is 3.30. The third kappa shape index (κ3) is 2.44. The van der Waals surface area contributed by atoms with E-state index in [2.05, 4.69) is 23.9 Å². The number of hydrogen-bond donors (Lipinski definition) is 2. The summed E-state index contributed by atoms with van der Waals surface area (Å²) in [4.78, 5) is 15.2. The first-order chi connectivity index (χ1) is 13.4. The van der Waals surface area contributed by atoms with Crippen LogP contribution in [-0.2, 0) is 4.79 Å². The molecule has 2 N–H and O–H groups in total. The minimum Gasteiger partial charge on any atom is -0.411 e. The molecular weight excluding hydrogens is 352 g/mol. The molecule has 4 aliphatic carbocycles. The lowest BCUT2D eigenvalue weighted by Gasteiger charge is -2.61. The maximum Gasteiger partial charge on any atom is 0.139 e. The molecule has 0 aromatic carbocycles. The second kappa shape index (κ2) is 6.53. The third-order valence-corrected chi connectivity index (χ3v) is 10.0. The van der Waals surface area contributed by atoms with Crippen molar-refractivity contribution in [2.45, 2.75) is 83.8 Å². The summed E-state index contributed by atoms with van der Waals surface area (Å²) in [6, 6.07) is 0.402. The van der Waals surface area contributed by atoms with Gasteiger partial charge in [0.05, 0.1) is 11.8 Å². The predicted octanol–water partition coefficient (Wildman–Crippen LogP) is 3.47. The van der Waals surface area contributed by atoms with Crippen LogP contribution in [0.15, 0.2) is 5.16 Å². The quantitative estimate of drug-likeness (QED) is 0.533. The first kappa shape index (κ1) is 19.0. The number of carbonyl (C=O) groups is 1. The maximum atomic E-state index is 12.6. The van der Waals surface area contributed by atoms with Crippen molar-refractivity contribution in [3.05, 3.63) is 0 Å². The molecule has 5 nitrogen and oxygen atoms in total. The van der Waals surface area contributed by atoms with Crippen LogP contribution in [0.1, 0.15) is 71.6 Å². The van der Waals surface area contributed by atoms with Gasteiger partial charge in [-0.1, -0.05) is 19.0 Å². The molecule has 0 aromatic heterocycles. The number of ketones is 1. The van der Waals surface area contributed by atoms with Crippen LogP contribution < -0.4 is 0 Å². The summed E-state index contributed by atoms with van der Waals surface area (Å²) in [6.45, 7) is 6.72. The molecule has 5 rings (SSSR count). The molecule has 1 saturated heterocycles. The van der Waals surface area contributed by atoms with Crippen molar-refractivity contribution in [1.29, 1.82) is 0 Å². The summed E-state index contributed by atoms with van der Waals surface area (Å²) in [5, 5.41) is 25.2. The molecule has 3 unspecified atom stereocenters. The number of carbonyl (C=O) groups excluding carboxylic acids is 1. The number of rotatable bonds is 1. The average molecular weight is 389 g/mol. The van der Waals surface area contributed by atoms with Crippen molar-refractivity contribution in [3.63, 3.8) is 0 Å². The van der Waals surface area contributed by atoms with Crippen molar-refractivity contribution in [2.24, 2.45) is 39.7 Å². The highest BCUT2D eigenvalue weighted by atomic mass is 16.4. The fraction of sp³-hybridized carbons (Fsp3) is 0.913. The highest BCUT2D eigenvalue weighted by Crippen LogP contribution is 2.65. The SMILES string of the molecule is C[C@]12C(=NO)CC(N3CCCC3)CC1C(O)C[C@@H]1[C@H]2CC[C@]2(C)C(=O)CC[C@@H]12. The van der Waals surface area contributed by atoms with Gasteiger partial charge in [-0.3, -0.25) is 9.69 Å². The number of nitrogens with zero attached hydrogens (tertiary/aromatic N) is 2. The summed E-state index contributed by atoms with van der Waals surface area (Å²) in [6.07, 6.45) is 8.50. The largest absolute Gasteiger partial charge is 0.411 e. The number of aliphatic hydroxyl groups excluding tert-OH is 1. The van der Waals surface area contributed by atoms with Crippen LogP contribution in [0.4, 0.5) is 0 Å². The smallest absolute Gasteiger partial charge is 0.139 e. The molecule has 156 valence electrons. The molecule has 4 saturated carbocycles. The molecule has 8 atom stereocenters.